The third-order valence-electron chi connectivity index (χ3n) is 5.88. The van der Waals surface area contributed by atoms with Crippen LogP contribution >= 0.6 is 11.6 Å². The Labute approximate surface area is 197 Å². The molecule has 10 heteroatoms. The minimum Gasteiger partial charge on any atom is -0.456 e. The first-order valence-electron chi connectivity index (χ1n) is 10.7. The molecule has 33 heavy (non-hydrogen) atoms. The Bertz CT molecular complexity index is 1280. The molecule has 0 radical (unpaired) electrons. The van der Waals surface area contributed by atoms with Gasteiger partial charge in [0.05, 0.1) is 34.9 Å². The number of halogens is 2. The van der Waals surface area contributed by atoms with Gasteiger partial charge in [-0.2, -0.15) is 4.31 Å². The summed E-state index contributed by atoms with van der Waals surface area (Å²) >= 11 is 6.53. The van der Waals surface area contributed by atoms with Gasteiger partial charge in [0.2, 0.25) is 10.0 Å². The Kier molecular flexibility index (Phi) is 5.46. The monoisotopic (exact) mass is 490 g/mol. The van der Waals surface area contributed by atoms with Crippen LogP contribution in [0.3, 0.4) is 0 Å². The summed E-state index contributed by atoms with van der Waals surface area (Å²) in [6.07, 6.45) is 0.894. The van der Waals surface area contributed by atoms with E-state index in [-0.39, 0.29) is 35.8 Å². The lowest BCUT2D eigenvalue weighted by Crippen LogP contribution is -2.33. The minimum atomic E-state index is -3.67. The molecule has 0 bridgehead atoms. The predicted molar refractivity (Wildman–Crippen MR) is 127 cm³/mol. The number of amidine groups is 1. The Balaban J connectivity index is 1.40. The van der Waals surface area contributed by atoms with Crippen molar-refractivity contribution in [1.82, 2.24) is 9.21 Å². The van der Waals surface area contributed by atoms with E-state index in [1.54, 1.807) is 30.6 Å². The molecule has 1 saturated heterocycles. The van der Waals surface area contributed by atoms with Crippen LogP contribution < -0.4 is 4.74 Å². The number of ether oxygens (including phenoxy) is 1. The zero-order chi connectivity index (χ0) is 23.4. The molecule has 5 rings (SSSR count). The van der Waals surface area contributed by atoms with Gasteiger partial charge in [0, 0.05) is 18.7 Å². The molecule has 0 aliphatic carbocycles. The van der Waals surface area contributed by atoms with E-state index >= 15 is 0 Å². The fourth-order valence-electron chi connectivity index (χ4n) is 4.29. The Morgan fingerprint density at radius 1 is 1.27 bits per heavy atom. The van der Waals surface area contributed by atoms with E-state index in [4.69, 9.17) is 21.3 Å². The van der Waals surface area contributed by atoms with Gasteiger partial charge in [0.25, 0.3) is 0 Å². The highest BCUT2D eigenvalue weighted by molar-refractivity contribution is 7.88. The van der Waals surface area contributed by atoms with Gasteiger partial charge < -0.3 is 9.64 Å². The number of rotatable bonds is 5. The van der Waals surface area contributed by atoms with Gasteiger partial charge in [-0.15, -0.1) is 0 Å². The van der Waals surface area contributed by atoms with Crippen molar-refractivity contribution in [2.75, 3.05) is 19.6 Å². The van der Waals surface area contributed by atoms with Crippen LogP contribution in [0.15, 0.2) is 46.4 Å². The van der Waals surface area contributed by atoms with E-state index in [0.29, 0.717) is 17.1 Å². The van der Waals surface area contributed by atoms with Crippen molar-refractivity contribution in [2.24, 2.45) is 9.98 Å². The lowest BCUT2D eigenvalue weighted by Gasteiger charge is -2.22. The first-order valence-corrected chi connectivity index (χ1v) is 12.7. The summed E-state index contributed by atoms with van der Waals surface area (Å²) in [7, 11) is -3.67. The fraction of sp³-hybridized carbons (Fsp3) is 0.391. The molecule has 174 valence electrons. The predicted octanol–water partition coefficient (Wildman–Crippen LogP) is 4.52. The molecule has 2 aromatic rings. The van der Waals surface area contributed by atoms with E-state index in [0.717, 1.165) is 23.6 Å². The molecule has 0 saturated carbocycles. The van der Waals surface area contributed by atoms with Crippen LogP contribution in [0.5, 0.6) is 11.5 Å². The summed E-state index contributed by atoms with van der Waals surface area (Å²) in [5.74, 6) is 1.42. The summed E-state index contributed by atoms with van der Waals surface area (Å²) in [6, 6.07) is 10.5. The highest BCUT2D eigenvalue weighted by Gasteiger charge is 2.34. The van der Waals surface area contributed by atoms with Crippen LogP contribution in [0.25, 0.3) is 0 Å². The van der Waals surface area contributed by atoms with Crippen LogP contribution in [-0.2, 0) is 15.8 Å². The lowest BCUT2D eigenvalue weighted by atomic mass is 10.1. The standard InChI is InChI=1S/C23H24ClFN4O3S/c1-23(2)13-28-14-26-19-7-6-17(10-18(19)22(28)27-23)32-20-5-3-4-15(21(20)24)12-33(30,31)29-9-8-16(25)11-29/h3-7,10,14,16H,8-9,11-13H2,1-2H3/t16-/m1/s1. The molecule has 2 aromatic carbocycles. The molecule has 0 N–H and O–H groups in total. The third kappa shape index (κ3) is 4.37. The number of nitrogens with zero attached hydrogens (tertiary/aromatic N) is 4. The minimum absolute atomic E-state index is 0.106. The number of benzene rings is 2. The van der Waals surface area contributed by atoms with Crippen LogP contribution in [0.1, 0.15) is 31.4 Å². The topological polar surface area (TPSA) is 74.6 Å². The molecular weight excluding hydrogens is 467 g/mol. The van der Waals surface area contributed by atoms with E-state index < -0.39 is 16.2 Å². The summed E-state index contributed by atoms with van der Waals surface area (Å²) in [5, 5.41) is 0.216. The average Bonchev–Trinajstić information content (AvgIpc) is 3.33. The van der Waals surface area contributed by atoms with Gasteiger partial charge in [-0.05, 0) is 50.1 Å². The zero-order valence-electron chi connectivity index (χ0n) is 18.3. The first-order chi connectivity index (χ1) is 15.6. The van der Waals surface area contributed by atoms with E-state index in [2.05, 4.69) is 18.8 Å². The SMILES string of the molecule is CC1(C)CN2C=Nc3ccc(Oc4cccc(CS(=O)(=O)N5CC[C@@H](F)C5)c4Cl)cc3C2=N1. The van der Waals surface area contributed by atoms with Crippen molar-refractivity contribution in [1.29, 1.82) is 0 Å². The van der Waals surface area contributed by atoms with Crippen molar-refractivity contribution in [3.05, 3.63) is 52.5 Å². The quantitative estimate of drug-likeness (QED) is 0.617. The molecule has 7 nitrogen and oxygen atoms in total. The molecule has 3 aliphatic rings. The Morgan fingerprint density at radius 3 is 2.85 bits per heavy atom. The third-order valence-corrected chi connectivity index (χ3v) is 8.10. The number of hydrogen-bond donors (Lipinski definition) is 0. The number of alkyl halides is 1. The normalized spacial score (nSPS) is 21.6. The number of sulfonamides is 1. The zero-order valence-corrected chi connectivity index (χ0v) is 19.9. The summed E-state index contributed by atoms with van der Waals surface area (Å²) < 4.78 is 46.2. The summed E-state index contributed by atoms with van der Waals surface area (Å²) in [5.41, 5.74) is 1.87. The molecule has 1 atom stereocenters. The van der Waals surface area contributed by atoms with Gasteiger partial charge in [-0.25, -0.2) is 17.8 Å². The number of fused-ring (bicyclic) bond motifs is 3. The molecule has 3 heterocycles. The van der Waals surface area contributed by atoms with Crippen molar-refractivity contribution in [2.45, 2.75) is 37.7 Å². The molecule has 0 spiro atoms. The van der Waals surface area contributed by atoms with Gasteiger partial charge in [-0.3, -0.25) is 4.99 Å². The van der Waals surface area contributed by atoms with Crippen molar-refractivity contribution in [3.63, 3.8) is 0 Å². The molecule has 0 amide bonds. The second kappa shape index (κ2) is 8.07. The van der Waals surface area contributed by atoms with Gasteiger partial charge in [0.1, 0.15) is 23.5 Å². The molecule has 1 fully saturated rings. The fourth-order valence-corrected chi connectivity index (χ4v) is 6.19. The second-order valence-electron chi connectivity index (χ2n) is 9.13. The smallest absolute Gasteiger partial charge is 0.218 e. The Hall–Kier alpha value is -2.49. The maximum atomic E-state index is 13.5. The van der Waals surface area contributed by atoms with Gasteiger partial charge in [0.15, 0.2) is 0 Å². The van der Waals surface area contributed by atoms with E-state index in [1.807, 2.05) is 17.0 Å². The molecule has 0 aromatic heterocycles. The first kappa shape index (κ1) is 22.3. The molecular formula is C23H24ClFN4O3S. The highest BCUT2D eigenvalue weighted by atomic mass is 35.5. The number of aliphatic imine (C=N–C) groups is 2. The molecule has 3 aliphatic heterocycles. The summed E-state index contributed by atoms with van der Waals surface area (Å²) in [6.45, 7) is 4.97. The largest absolute Gasteiger partial charge is 0.456 e. The van der Waals surface area contributed by atoms with Crippen LogP contribution in [-0.4, -0.2) is 61.1 Å². The van der Waals surface area contributed by atoms with Crippen LogP contribution in [0, 0.1) is 0 Å². The van der Waals surface area contributed by atoms with Gasteiger partial charge >= 0.3 is 0 Å². The maximum Gasteiger partial charge on any atom is 0.218 e. The second-order valence-corrected chi connectivity index (χ2v) is 11.5. The van der Waals surface area contributed by atoms with Crippen LogP contribution in [0.2, 0.25) is 5.02 Å². The van der Waals surface area contributed by atoms with E-state index in [1.165, 1.54) is 4.31 Å². The molecule has 0 unspecified atom stereocenters. The Morgan fingerprint density at radius 2 is 2.09 bits per heavy atom. The highest BCUT2D eigenvalue weighted by Crippen LogP contribution is 2.37. The average molecular weight is 491 g/mol. The van der Waals surface area contributed by atoms with Crippen molar-refractivity contribution < 1.29 is 17.5 Å². The summed E-state index contributed by atoms with van der Waals surface area (Å²) in [4.78, 5) is 11.3. The number of hydrogen-bond acceptors (Lipinski definition) is 6. The van der Waals surface area contributed by atoms with Crippen molar-refractivity contribution >= 4 is 39.5 Å². The van der Waals surface area contributed by atoms with Crippen molar-refractivity contribution in [3.8, 4) is 11.5 Å². The maximum absolute atomic E-state index is 13.5. The lowest BCUT2D eigenvalue weighted by molar-refractivity contribution is 0.343. The van der Waals surface area contributed by atoms with E-state index in [9.17, 15) is 12.8 Å². The van der Waals surface area contributed by atoms with Crippen LogP contribution in [0.4, 0.5) is 10.1 Å². The van der Waals surface area contributed by atoms with Gasteiger partial charge in [-0.1, -0.05) is 23.7 Å².